The summed E-state index contributed by atoms with van der Waals surface area (Å²) < 4.78 is 5.40. The molecule has 0 spiro atoms. The second-order valence-electron chi connectivity index (χ2n) is 8.72. The molecule has 0 amide bonds. The topological polar surface area (TPSA) is 112 Å². The fourth-order valence-electron chi connectivity index (χ4n) is 4.52. The highest BCUT2D eigenvalue weighted by Crippen LogP contribution is 2.31. The lowest BCUT2D eigenvalue weighted by Gasteiger charge is -2.27. The van der Waals surface area contributed by atoms with Crippen LogP contribution in [-0.4, -0.2) is 60.6 Å². The van der Waals surface area contributed by atoms with E-state index in [0.29, 0.717) is 31.0 Å². The summed E-state index contributed by atoms with van der Waals surface area (Å²) in [5.41, 5.74) is 13.6. The Hall–Kier alpha value is -3.34. The lowest BCUT2D eigenvalue weighted by atomic mass is 9.81. The van der Waals surface area contributed by atoms with E-state index in [9.17, 15) is 0 Å². The fraction of sp³-hybridized carbons (Fsp3) is 0.417. The van der Waals surface area contributed by atoms with Crippen LogP contribution in [0.1, 0.15) is 19.0 Å². The number of pyridine rings is 1. The van der Waals surface area contributed by atoms with Crippen molar-refractivity contribution in [3.8, 4) is 0 Å². The van der Waals surface area contributed by atoms with E-state index in [-0.39, 0.29) is 0 Å². The Balaban J connectivity index is 1.14. The molecule has 178 valence electrons. The highest BCUT2D eigenvalue weighted by Gasteiger charge is 2.27. The molecule has 10 heteroatoms. The van der Waals surface area contributed by atoms with Crippen molar-refractivity contribution < 1.29 is 4.74 Å². The van der Waals surface area contributed by atoms with E-state index in [1.165, 1.54) is 5.57 Å². The quantitative estimate of drug-likeness (QED) is 0.364. The Labute approximate surface area is 199 Å². The zero-order chi connectivity index (χ0) is 23.2. The summed E-state index contributed by atoms with van der Waals surface area (Å²) in [5, 5.41) is 7.71. The van der Waals surface area contributed by atoms with Crippen molar-refractivity contribution in [3.63, 3.8) is 0 Å². The van der Waals surface area contributed by atoms with Crippen LogP contribution in [0.25, 0.3) is 0 Å². The Bertz CT molecular complexity index is 1050. The number of nitrogens with zero attached hydrogens (tertiary/aromatic N) is 5. The first kappa shape index (κ1) is 22.5. The van der Waals surface area contributed by atoms with E-state index in [2.05, 4.69) is 65.6 Å². The first-order valence-electron chi connectivity index (χ1n) is 11.8. The first-order chi connectivity index (χ1) is 16.7. The lowest BCUT2D eigenvalue weighted by molar-refractivity contribution is 0.122. The summed E-state index contributed by atoms with van der Waals surface area (Å²) in [6.45, 7) is 7.36. The number of aromatic nitrogens is 3. The summed E-state index contributed by atoms with van der Waals surface area (Å²) in [6.07, 6.45) is 10.8. The third-order valence-corrected chi connectivity index (χ3v) is 6.39. The summed E-state index contributed by atoms with van der Waals surface area (Å²) >= 11 is 0. The lowest BCUT2D eigenvalue weighted by Crippen LogP contribution is -2.36. The van der Waals surface area contributed by atoms with E-state index in [1.54, 1.807) is 12.4 Å². The van der Waals surface area contributed by atoms with Gasteiger partial charge in [0.25, 0.3) is 0 Å². The third-order valence-electron chi connectivity index (χ3n) is 6.39. The third kappa shape index (κ3) is 5.58. The number of hydrazine groups is 1. The molecule has 1 aliphatic carbocycles. The average Bonchev–Trinajstić information content (AvgIpc) is 3.41. The largest absolute Gasteiger partial charge is 0.378 e. The van der Waals surface area contributed by atoms with Gasteiger partial charge >= 0.3 is 0 Å². The van der Waals surface area contributed by atoms with Gasteiger partial charge in [0, 0.05) is 38.1 Å². The van der Waals surface area contributed by atoms with Crippen molar-refractivity contribution in [2.75, 3.05) is 55.0 Å². The molecular weight excluding hydrogens is 430 g/mol. The molecule has 0 radical (unpaired) electrons. The maximum atomic E-state index is 5.40. The molecular formula is C24H31N9O. The second kappa shape index (κ2) is 10.7. The van der Waals surface area contributed by atoms with Gasteiger partial charge in [0.15, 0.2) is 0 Å². The van der Waals surface area contributed by atoms with Gasteiger partial charge in [0.05, 0.1) is 37.0 Å². The number of nitrogens with one attached hydrogen (secondary N) is 4. The number of hydrazone groups is 1. The highest BCUT2D eigenvalue weighted by atomic mass is 16.5. The van der Waals surface area contributed by atoms with Gasteiger partial charge in [0.1, 0.15) is 5.82 Å². The molecule has 0 aromatic carbocycles. The minimum atomic E-state index is 0.451. The number of anilines is 3. The summed E-state index contributed by atoms with van der Waals surface area (Å²) in [6, 6.07) is 5.83. The summed E-state index contributed by atoms with van der Waals surface area (Å²) in [4.78, 5) is 15.4. The number of allylic oxidation sites excluding steroid dienone is 3. The summed E-state index contributed by atoms with van der Waals surface area (Å²) in [5.74, 6) is 2.56. The number of hydrogen-bond donors (Lipinski definition) is 4. The van der Waals surface area contributed by atoms with Gasteiger partial charge in [0.2, 0.25) is 5.95 Å². The van der Waals surface area contributed by atoms with Crippen LogP contribution in [-0.2, 0) is 4.74 Å². The van der Waals surface area contributed by atoms with E-state index in [4.69, 9.17) is 4.74 Å². The molecule has 5 rings (SSSR count). The van der Waals surface area contributed by atoms with Crippen molar-refractivity contribution in [2.24, 2.45) is 16.9 Å². The van der Waals surface area contributed by atoms with Gasteiger partial charge < -0.3 is 15.0 Å². The SMILES string of the molecule is CC1=CC(Nc2ccc(/C=N/Nc3nccc(N4CCOCC4)n3)nc2)=CCC1C1CNNC1. The van der Waals surface area contributed by atoms with Crippen molar-refractivity contribution in [1.82, 2.24) is 25.8 Å². The molecule has 4 N–H and O–H groups in total. The first-order valence-corrected chi connectivity index (χ1v) is 11.8. The predicted molar refractivity (Wildman–Crippen MR) is 134 cm³/mol. The number of ether oxygens (including phenoxy) is 1. The summed E-state index contributed by atoms with van der Waals surface area (Å²) in [7, 11) is 0. The Kier molecular flexibility index (Phi) is 7.08. The standard InChI is InChI=1S/C24H31N9O/c1-17-12-19(4-5-22(17)18-13-27-28-14-18)30-21-3-2-20(26-15-21)16-29-32-24-25-7-6-23(31-24)33-8-10-34-11-9-33/h2-4,6-7,12,15-16,18,22,27-28,30H,5,8-11,13-14H2,1H3,(H,25,31,32)/b29-16+. The van der Waals surface area contributed by atoms with Crippen molar-refractivity contribution in [1.29, 1.82) is 0 Å². The molecule has 3 aliphatic rings. The molecule has 2 saturated heterocycles. The molecule has 0 bridgehead atoms. The predicted octanol–water partition coefficient (Wildman–Crippen LogP) is 2.14. The van der Waals surface area contributed by atoms with Crippen molar-refractivity contribution in [2.45, 2.75) is 13.3 Å². The van der Waals surface area contributed by atoms with Crippen molar-refractivity contribution in [3.05, 3.63) is 59.7 Å². The number of morpholine rings is 1. The van der Waals surface area contributed by atoms with Crippen LogP contribution in [0, 0.1) is 11.8 Å². The highest BCUT2D eigenvalue weighted by molar-refractivity contribution is 5.78. The van der Waals surface area contributed by atoms with Gasteiger partial charge in [-0.2, -0.15) is 10.1 Å². The van der Waals surface area contributed by atoms with Crippen LogP contribution in [0.15, 0.2) is 59.1 Å². The van der Waals surface area contributed by atoms with Crippen LogP contribution in [0.2, 0.25) is 0 Å². The molecule has 2 aromatic rings. The van der Waals surface area contributed by atoms with Crippen LogP contribution in [0.4, 0.5) is 17.5 Å². The zero-order valence-electron chi connectivity index (χ0n) is 19.4. The maximum Gasteiger partial charge on any atom is 0.245 e. The van der Waals surface area contributed by atoms with Crippen LogP contribution in [0.3, 0.4) is 0 Å². The Morgan fingerprint density at radius 2 is 2.00 bits per heavy atom. The van der Waals surface area contributed by atoms with Crippen molar-refractivity contribution >= 4 is 23.7 Å². The van der Waals surface area contributed by atoms with Crippen LogP contribution in [0.5, 0.6) is 0 Å². The Morgan fingerprint density at radius 3 is 2.76 bits per heavy atom. The van der Waals surface area contributed by atoms with Gasteiger partial charge in [-0.15, -0.1) is 0 Å². The molecule has 1 unspecified atom stereocenters. The van der Waals surface area contributed by atoms with E-state index in [0.717, 1.165) is 55.5 Å². The number of hydrogen-bond acceptors (Lipinski definition) is 10. The minimum absolute atomic E-state index is 0.451. The van der Waals surface area contributed by atoms with E-state index >= 15 is 0 Å². The average molecular weight is 462 g/mol. The number of rotatable bonds is 7. The second-order valence-corrected chi connectivity index (χ2v) is 8.72. The minimum Gasteiger partial charge on any atom is -0.378 e. The Morgan fingerprint density at radius 1 is 1.15 bits per heavy atom. The molecule has 2 aromatic heterocycles. The van der Waals surface area contributed by atoms with Gasteiger partial charge in [-0.05, 0) is 49.5 Å². The molecule has 1 atom stereocenters. The fourth-order valence-corrected chi connectivity index (χ4v) is 4.52. The van der Waals surface area contributed by atoms with E-state index in [1.807, 2.05) is 24.4 Å². The van der Waals surface area contributed by atoms with Gasteiger partial charge in [-0.1, -0.05) is 11.6 Å². The van der Waals surface area contributed by atoms with Crippen LogP contribution < -0.4 is 26.5 Å². The molecule has 10 nitrogen and oxygen atoms in total. The smallest absolute Gasteiger partial charge is 0.245 e. The monoisotopic (exact) mass is 461 g/mol. The molecule has 2 aliphatic heterocycles. The molecule has 34 heavy (non-hydrogen) atoms. The van der Waals surface area contributed by atoms with Crippen LogP contribution >= 0.6 is 0 Å². The van der Waals surface area contributed by atoms with Gasteiger partial charge in [-0.3, -0.25) is 15.8 Å². The maximum absolute atomic E-state index is 5.40. The van der Waals surface area contributed by atoms with Gasteiger partial charge in [-0.25, -0.2) is 10.4 Å². The zero-order valence-corrected chi connectivity index (χ0v) is 19.4. The molecule has 0 saturated carbocycles. The molecule has 2 fully saturated rings. The molecule has 4 heterocycles. The van der Waals surface area contributed by atoms with E-state index < -0.39 is 0 Å². The normalized spacial score (nSPS) is 21.4.